The summed E-state index contributed by atoms with van der Waals surface area (Å²) < 4.78 is 27.1. The van der Waals surface area contributed by atoms with Crippen molar-refractivity contribution in [2.45, 2.75) is 33.4 Å². The van der Waals surface area contributed by atoms with Crippen LogP contribution >= 0.6 is 8.16 Å². The van der Waals surface area contributed by atoms with Gasteiger partial charge in [-0.3, -0.25) is 0 Å². The summed E-state index contributed by atoms with van der Waals surface area (Å²) in [5.74, 6) is 1.53. The second kappa shape index (κ2) is 9.75. The van der Waals surface area contributed by atoms with Crippen LogP contribution in [0.2, 0.25) is 0 Å². The van der Waals surface area contributed by atoms with E-state index in [0.29, 0.717) is 6.54 Å². The van der Waals surface area contributed by atoms with E-state index < -0.39 is 8.16 Å². The Hall–Kier alpha value is -3.92. The van der Waals surface area contributed by atoms with Crippen molar-refractivity contribution in [2.24, 2.45) is 0 Å². The van der Waals surface area contributed by atoms with E-state index in [1.165, 1.54) is 11.1 Å². The Morgan fingerprint density at radius 2 is 1.55 bits per heavy atom. The molecule has 0 N–H and O–H groups in total. The van der Waals surface area contributed by atoms with Gasteiger partial charge in [0.1, 0.15) is 11.2 Å². The number of nitrogens with zero attached hydrogens (tertiary/aromatic N) is 1. The first-order valence-electron chi connectivity index (χ1n) is 12.7. The normalized spacial score (nSPS) is 13.8. The second-order valence-electron chi connectivity index (χ2n) is 9.75. The van der Waals surface area contributed by atoms with E-state index in [0.717, 1.165) is 55.0 Å². The highest BCUT2D eigenvalue weighted by molar-refractivity contribution is 7.38. The van der Waals surface area contributed by atoms with Gasteiger partial charge in [0, 0.05) is 23.4 Å². The third-order valence-corrected chi connectivity index (χ3v) is 9.01. The van der Waals surface area contributed by atoms with Crippen LogP contribution in [-0.2, 0) is 6.54 Å². The Morgan fingerprint density at radius 1 is 0.842 bits per heavy atom. The van der Waals surface area contributed by atoms with Crippen molar-refractivity contribution in [3.05, 3.63) is 105 Å². The zero-order chi connectivity index (χ0) is 26.4. The maximum atomic E-state index is 6.80. The van der Waals surface area contributed by atoms with Crippen molar-refractivity contribution in [2.75, 3.05) is 11.5 Å². The lowest BCUT2D eigenvalue weighted by molar-refractivity contribution is 0.174. The Kier molecular flexibility index (Phi) is 6.27. The largest absolute Gasteiger partial charge is 0.454 e. The summed E-state index contributed by atoms with van der Waals surface area (Å²) in [6.45, 7) is 15.8. The molecular weight excluding hydrogens is 493 g/mol. The molecule has 0 bridgehead atoms. The van der Waals surface area contributed by atoms with E-state index in [1.807, 2.05) is 36.4 Å². The monoisotopic (exact) mass is 523 g/mol. The van der Waals surface area contributed by atoms with E-state index >= 15 is 0 Å². The van der Waals surface area contributed by atoms with Crippen molar-refractivity contribution in [1.29, 1.82) is 0 Å². The van der Waals surface area contributed by atoms with Gasteiger partial charge in [0.05, 0.1) is 0 Å². The number of hydrogen-bond acceptors (Lipinski definition) is 5. The minimum absolute atomic E-state index is 0.00983. The summed E-state index contributed by atoms with van der Waals surface area (Å²) in [7, 11) is -1.56. The fourth-order valence-corrected chi connectivity index (χ4v) is 6.54. The second-order valence-corrected chi connectivity index (χ2v) is 11.1. The van der Waals surface area contributed by atoms with Crippen LogP contribution in [0.1, 0.15) is 35.2 Å². The molecule has 0 fully saturated rings. The lowest BCUT2D eigenvalue weighted by Crippen LogP contribution is -2.23. The lowest BCUT2D eigenvalue weighted by atomic mass is 10.0. The quantitative estimate of drug-likeness (QED) is 0.241. The third kappa shape index (κ3) is 4.28. The molecule has 1 aliphatic heterocycles. The molecule has 192 valence electrons. The van der Waals surface area contributed by atoms with E-state index in [2.05, 4.69) is 75.0 Å². The molecule has 0 spiro atoms. The summed E-state index contributed by atoms with van der Waals surface area (Å²) in [6, 6.07) is 24.6. The van der Waals surface area contributed by atoms with Crippen LogP contribution in [0.5, 0.6) is 11.5 Å². The first-order chi connectivity index (χ1) is 18.4. The van der Waals surface area contributed by atoms with Crippen LogP contribution in [0.15, 0.2) is 81.2 Å². The van der Waals surface area contributed by atoms with Gasteiger partial charge in [-0.05, 0) is 77.7 Å². The molecule has 38 heavy (non-hydrogen) atoms. The number of fused-ring (bicyclic) bond motifs is 4. The maximum Gasteiger partial charge on any atom is 0.310 e. The summed E-state index contributed by atoms with van der Waals surface area (Å²) in [5, 5.41) is 3.71. The van der Waals surface area contributed by atoms with Gasteiger partial charge in [-0.2, -0.15) is 4.67 Å². The average molecular weight is 524 g/mol. The predicted octanol–water partition coefficient (Wildman–Crippen LogP) is 7.36. The molecule has 0 saturated carbocycles. The van der Waals surface area contributed by atoms with Gasteiger partial charge in [0.15, 0.2) is 11.5 Å². The highest BCUT2D eigenvalue weighted by Gasteiger charge is 2.25. The van der Waals surface area contributed by atoms with Gasteiger partial charge < -0.3 is 17.9 Å². The van der Waals surface area contributed by atoms with Crippen molar-refractivity contribution in [3.63, 3.8) is 0 Å². The number of ether oxygens (including phenoxy) is 2. The first kappa shape index (κ1) is 24.4. The Bertz CT molecular complexity index is 1810. The number of benzene rings is 4. The van der Waals surface area contributed by atoms with Crippen molar-refractivity contribution in [1.82, 2.24) is 0 Å². The zero-order valence-corrected chi connectivity index (χ0v) is 22.8. The molecule has 1 aromatic heterocycles. The molecule has 1 unspecified atom stereocenters. The van der Waals surface area contributed by atoms with Gasteiger partial charge in [0.25, 0.3) is 0 Å². The summed E-state index contributed by atoms with van der Waals surface area (Å²) >= 11 is 0. The molecule has 2 heterocycles. The SMILES string of the molecule is C=c1ccc2op(N(Cc3ccc4c(c3)OCO4)[C@H](C)c3ccccc3)oc3ccc(C)c(C)c3c2c1=C. The van der Waals surface area contributed by atoms with Crippen molar-refractivity contribution in [3.8, 4) is 11.5 Å². The van der Waals surface area contributed by atoms with E-state index in [4.69, 9.17) is 17.9 Å². The van der Waals surface area contributed by atoms with Crippen LogP contribution < -0.4 is 24.6 Å². The Morgan fingerprint density at radius 3 is 2.34 bits per heavy atom. The topological polar surface area (TPSA) is 48.0 Å². The molecule has 0 amide bonds. The van der Waals surface area contributed by atoms with Crippen molar-refractivity contribution < 1.29 is 17.9 Å². The number of rotatable bonds is 5. The molecule has 2 atom stereocenters. The molecule has 0 radical (unpaired) electrons. The van der Waals surface area contributed by atoms with Crippen LogP contribution in [0.25, 0.3) is 35.1 Å². The molecular formula is C32H30NO4P. The molecule has 5 nitrogen and oxygen atoms in total. The minimum Gasteiger partial charge on any atom is -0.454 e. The van der Waals surface area contributed by atoms with Crippen LogP contribution in [-0.4, -0.2) is 6.79 Å². The Labute approximate surface area is 222 Å². The van der Waals surface area contributed by atoms with Crippen LogP contribution in [0.3, 0.4) is 0 Å². The fraction of sp³-hybridized carbons (Fsp3) is 0.188. The first-order valence-corrected chi connectivity index (χ1v) is 13.8. The van der Waals surface area contributed by atoms with Crippen LogP contribution in [0, 0.1) is 13.8 Å². The molecule has 5 aromatic rings. The van der Waals surface area contributed by atoms with Crippen LogP contribution in [0.4, 0.5) is 0 Å². The number of hydrogen-bond donors (Lipinski definition) is 0. The van der Waals surface area contributed by atoms with E-state index in [1.54, 1.807) is 0 Å². The number of aryl methyl sites for hydroxylation is 2. The molecule has 4 aromatic carbocycles. The molecule has 6 rings (SSSR count). The molecule has 0 aliphatic carbocycles. The third-order valence-electron chi connectivity index (χ3n) is 7.39. The van der Waals surface area contributed by atoms with Gasteiger partial charge >= 0.3 is 8.16 Å². The average Bonchev–Trinajstić information content (AvgIpc) is 3.33. The van der Waals surface area contributed by atoms with E-state index in [9.17, 15) is 0 Å². The summed E-state index contributed by atoms with van der Waals surface area (Å²) in [6.07, 6.45) is 0. The van der Waals surface area contributed by atoms with Gasteiger partial charge in [0.2, 0.25) is 6.79 Å². The van der Waals surface area contributed by atoms with Crippen molar-refractivity contribution >= 4 is 43.3 Å². The minimum atomic E-state index is -1.56. The van der Waals surface area contributed by atoms with Gasteiger partial charge in [-0.15, -0.1) is 0 Å². The maximum absolute atomic E-state index is 6.80. The van der Waals surface area contributed by atoms with Gasteiger partial charge in [-0.25, -0.2) is 0 Å². The molecule has 0 saturated heterocycles. The highest BCUT2D eigenvalue weighted by Crippen LogP contribution is 2.43. The standard InChI is InChI=1S/C32H30NO4P/c1-20-11-14-28-31(22(20)3)32-23(4)21(2)12-15-29(32)37-38(36-28)33(24(5)26-9-7-6-8-10-26)18-25-13-16-27-30(17-25)35-19-34-27/h6-17,24H,1,3,18-19H2,2,4-5H3/t24-,38?/m1/s1. The zero-order valence-electron chi connectivity index (χ0n) is 21.9. The molecule has 6 heteroatoms. The summed E-state index contributed by atoms with van der Waals surface area (Å²) in [4.78, 5) is 0. The lowest BCUT2D eigenvalue weighted by Gasteiger charge is -2.26. The Balaban J connectivity index is 1.61. The summed E-state index contributed by atoms with van der Waals surface area (Å²) in [5.41, 5.74) is 6.16. The fourth-order valence-electron chi connectivity index (χ4n) is 4.96. The van der Waals surface area contributed by atoms with E-state index in [-0.39, 0.29) is 12.8 Å². The van der Waals surface area contributed by atoms with Gasteiger partial charge in [-0.1, -0.05) is 61.7 Å². The smallest absolute Gasteiger partial charge is 0.310 e. The highest BCUT2D eigenvalue weighted by atomic mass is 31.1. The predicted molar refractivity (Wildman–Crippen MR) is 155 cm³/mol. The molecule has 1 aliphatic rings.